The largest absolute Gasteiger partial charge is 0.370 e. The van der Waals surface area contributed by atoms with E-state index in [4.69, 9.17) is 5.73 Å². The highest BCUT2D eigenvalue weighted by atomic mass is 28.3. The molecule has 1 aromatic rings. The molecule has 0 aliphatic rings. The molecule has 1 rings (SSSR count). The number of rotatable bonds is 4. The fourth-order valence-electron chi connectivity index (χ4n) is 1.71. The van der Waals surface area contributed by atoms with E-state index in [2.05, 4.69) is 44.3 Å². The highest BCUT2D eigenvalue weighted by Crippen LogP contribution is 2.24. The van der Waals surface area contributed by atoms with Gasteiger partial charge in [-0.2, -0.15) is 0 Å². The van der Waals surface area contributed by atoms with E-state index in [-0.39, 0.29) is 5.91 Å². The molecule has 0 saturated heterocycles. The summed E-state index contributed by atoms with van der Waals surface area (Å²) < 4.78 is 0. The number of nitrogens with two attached hydrogens (primary N) is 1. The molecule has 2 N–H and O–H groups in total. The summed E-state index contributed by atoms with van der Waals surface area (Å²) in [5, 5.41) is 1.39. The molecule has 1 atom stereocenters. The van der Waals surface area contributed by atoms with Crippen LogP contribution in [0.2, 0.25) is 18.6 Å². The van der Waals surface area contributed by atoms with Crippen LogP contribution >= 0.6 is 0 Å². The molecule has 0 aliphatic carbocycles. The number of primary amides is 1. The number of hydrogen-bond acceptors (Lipinski definition) is 1. The molecule has 0 radical (unpaired) electrons. The topological polar surface area (TPSA) is 43.1 Å². The van der Waals surface area contributed by atoms with Crippen molar-refractivity contribution < 1.29 is 4.79 Å². The van der Waals surface area contributed by atoms with Gasteiger partial charge in [-0.15, -0.1) is 0 Å². The van der Waals surface area contributed by atoms with Gasteiger partial charge in [0, 0.05) is 6.42 Å². The Balaban J connectivity index is 2.87. The number of benzene rings is 1. The van der Waals surface area contributed by atoms with Crippen LogP contribution in [0.3, 0.4) is 0 Å². The van der Waals surface area contributed by atoms with Crippen LogP contribution in [-0.4, -0.2) is 14.0 Å². The maximum atomic E-state index is 10.9. The average molecular weight is 221 g/mol. The number of hydrogen-bond donors (Lipinski definition) is 1. The molecule has 82 valence electrons. The molecule has 0 spiro atoms. The SMILES string of the molecule is CC(CC(N)=O)[Si](C)(C)c1ccccc1. The zero-order chi connectivity index (χ0) is 11.5. The van der Waals surface area contributed by atoms with Gasteiger partial charge in [0.2, 0.25) is 5.91 Å². The molecule has 0 bridgehead atoms. The molecule has 0 aromatic heterocycles. The third-order valence-corrected chi connectivity index (χ3v) is 7.75. The zero-order valence-electron chi connectivity index (χ0n) is 9.66. The second kappa shape index (κ2) is 4.62. The van der Waals surface area contributed by atoms with Crippen molar-refractivity contribution in [3.05, 3.63) is 30.3 Å². The van der Waals surface area contributed by atoms with Crippen molar-refractivity contribution in [2.75, 3.05) is 0 Å². The van der Waals surface area contributed by atoms with Gasteiger partial charge in [0.25, 0.3) is 0 Å². The first-order valence-corrected chi connectivity index (χ1v) is 8.36. The van der Waals surface area contributed by atoms with E-state index in [1.807, 2.05) is 6.07 Å². The van der Waals surface area contributed by atoms with Gasteiger partial charge in [-0.1, -0.05) is 55.5 Å². The van der Waals surface area contributed by atoms with Crippen LogP contribution in [0.5, 0.6) is 0 Å². The van der Waals surface area contributed by atoms with Crippen LogP contribution < -0.4 is 10.9 Å². The number of carbonyl (C=O) groups excluding carboxylic acids is 1. The minimum absolute atomic E-state index is 0.195. The summed E-state index contributed by atoms with van der Waals surface area (Å²) in [6, 6.07) is 10.4. The first kappa shape index (κ1) is 12.0. The van der Waals surface area contributed by atoms with E-state index in [0.29, 0.717) is 12.0 Å². The second-order valence-corrected chi connectivity index (χ2v) is 9.67. The Morgan fingerprint density at radius 1 is 1.33 bits per heavy atom. The van der Waals surface area contributed by atoms with Gasteiger partial charge in [0.1, 0.15) is 0 Å². The summed E-state index contributed by atoms with van der Waals surface area (Å²) in [6.45, 7) is 6.70. The van der Waals surface area contributed by atoms with Crippen molar-refractivity contribution >= 4 is 19.2 Å². The number of carbonyl (C=O) groups is 1. The first-order chi connectivity index (χ1) is 6.94. The molecule has 1 amide bonds. The smallest absolute Gasteiger partial charge is 0.217 e. The zero-order valence-corrected chi connectivity index (χ0v) is 10.7. The lowest BCUT2D eigenvalue weighted by molar-refractivity contribution is -0.118. The van der Waals surface area contributed by atoms with Gasteiger partial charge in [0.15, 0.2) is 0 Å². The Labute approximate surface area is 92.5 Å². The van der Waals surface area contributed by atoms with Gasteiger partial charge >= 0.3 is 0 Å². The monoisotopic (exact) mass is 221 g/mol. The van der Waals surface area contributed by atoms with Crippen molar-refractivity contribution in [3.8, 4) is 0 Å². The molecule has 0 aliphatic heterocycles. The first-order valence-electron chi connectivity index (χ1n) is 5.28. The van der Waals surface area contributed by atoms with Crippen molar-refractivity contribution in [2.45, 2.75) is 32.0 Å². The van der Waals surface area contributed by atoms with Crippen molar-refractivity contribution in [2.24, 2.45) is 5.73 Å². The van der Waals surface area contributed by atoms with Crippen molar-refractivity contribution in [1.29, 1.82) is 0 Å². The van der Waals surface area contributed by atoms with Crippen LogP contribution in [0.4, 0.5) is 0 Å². The minimum atomic E-state index is -1.55. The third kappa shape index (κ3) is 2.93. The molecular weight excluding hydrogens is 202 g/mol. The summed E-state index contributed by atoms with van der Waals surface area (Å²) in [5.41, 5.74) is 5.64. The van der Waals surface area contributed by atoms with E-state index in [1.54, 1.807) is 0 Å². The predicted molar refractivity (Wildman–Crippen MR) is 66.8 cm³/mol. The Kier molecular flexibility index (Phi) is 3.69. The summed E-state index contributed by atoms with van der Waals surface area (Å²) in [5.74, 6) is -0.195. The molecular formula is C12H19NOSi. The van der Waals surface area contributed by atoms with Gasteiger partial charge in [-0.3, -0.25) is 4.79 Å². The third-order valence-electron chi connectivity index (χ3n) is 3.26. The van der Waals surface area contributed by atoms with Gasteiger partial charge in [0.05, 0.1) is 8.07 Å². The van der Waals surface area contributed by atoms with Crippen LogP contribution in [0.1, 0.15) is 13.3 Å². The van der Waals surface area contributed by atoms with E-state index in [9.17, 15) is 4.79 Å². The maximum Gasteiger partial charge on any atom is 0.217 e. The quantitative estimate of drug-likeness (QED) is 0.775. The van der Waals surface area contributed by atoms with E-state index in [1.165, 1.54) is 5.19 Å². The summed E-state index contributed by atoms with van der Waals surface area (Å²) in [6.07, 6.45) is 0.494. The van der Waals surface area contributed by atoms with Crippen LogP contribution in [0, 0.1) is 0 Å². The molecule has 0 fully saturated rings. The summed E-state index contributed by atoms with van der Waals surface area (Å²) in [4.78, 5) is 10.9. The van der Waals surface area contributed by atoms with Crippen LogP contribution in [-0.2, 0) is 4.79 Å². The standard InChI is InChI=1S/C12H19NOSi/c1-10(9-12(13)14)15(2,3)11-7-5-4-6-8-11/h4-8,10H,9H2,1-3H3,(H2,13,14). The lowest BCUT2D eigenvalue weighted by Gasteiger charge is -2.29. The molecule has 15 heavy (non-hydrogen) atoms. The Morgan fingerprint density at radius 3 is 2.33 bits per heavy atom. The second-order valence-electron chi connectivity index (χ2n) is 4.66. The minimum Gasteiger partial charge on any atom is -0.370 e. The molecule has 1 unspecified atom stereocenters. The van der Waals surface area contributed by atoms with E-state index >= 15 is 0 Å². The van der Waals surface area contributed by atoms with Gasteiger partial charge in [-0.05, 0) is 5.54 Å². The average Bonchev–Trinajstić information content (AvgIpc) is 2.18. The Morgan fingerprint density at radius 2 is 1.87 bits per heavy atom. The fraction of sp³-hybridized carbons (Fsp3) is 0.417. The van der Waals surface area contributed by atoms with E-state index < -0.39 is 8.07 Å². The summed E-state index contributed by atoms with van der Waals surface area (Å²) in [7, 11) is -1.55. The Bertz CT molecular complexity index is 335. The van der Waals surface area contributed by atoms with Gasteiger partial charge in [-0.25, -0.2) is 0 Å². The van der Waals surface area contributed by atoms with Crippen molar-refractivity contribution in [1.82, 2.24) is 0 Å². The molecule has 0 heterocycles. The normalized spacial score (nSPS) is 13.5. The molecule has 1 aromatic carbocycles. The predicted octanol–water partition coefficient (Wildman–Crippen LogP) is 1.87. The molecule has 2 nitrogen and oxygen atoms in total. The highest BCUT2D eigenvalue weighted by Gasteiger charge is 2.30. The highest BCUT2D eigenvalue weighted by molar-refractivity contribution is 6.91. The molecule has 3 heteroatoms. The lowest BCUT2D eigenvalue weighted by atomic mass is 10.3. The molecule has 0 saturated carbocycles. The lowest BCUT2D eigenvalue weighted by Crippen LogP contribution is -2.46. The van der Waals surface area contributed by atoms with Crippen molar-refractivity contribution in [3.63, 3.8) is 0 Å². The maximum absolute atomic E-state index is 10.9. The van der Waals surface area contributed by atoms with Crippen LogP contribution in [0.25, 0.3) is 0 Å². The Hall–Kier alpha value is -1.09. The van der Waals surface area contributed by atoms with Crippen LogP contribution in [0.15, 0.2) is 30.3 Å². The summed E-state index contributed by atoms with van der Waals surface area (Å²) >= 11 is 0. The number of amides is 1. The van der Waals surface area contributed by atoms with Gasteiger partial charge < -0.3 is 5.73 Å². The fourth-order valence-corrected chi connectivity index (χ4v) is 4.04. The van der Waals surface area contributed by atoms with E-state index in [0.717, 1.165) is 0 Å².